The summed E-state index contributed by atoms with van der Waals surface area (Å²) in [5, 5.41) is 0. The first-order chi connectivity index (χ1) is 12.9. The molecule has 0 unspecified atom stereocenters. The Labute approximate surface area is 157 Å². The topological polar surface area (TPSA) is 101 Å². The van der Waals surface area contributed by atoms with Crippen LogP contribution < -0.4 is 14.2 Å². The third-order valence-electron chi connectivity index (χ3n) is 3.46. The summed E-state index contributed by atoms with van der Waals surface area (Å²) in [5.41, 5.74) is 0.607. The molecule has 0 N–H and O–H groups in total. The lowest BCUT2D eigenvalue weighted by Gasteiger charge is -2.15. The number of carbonyl (C=O) groups excluding carboxylic acids is 3. The van der Waals surface area contributed by atoms with Crippen molar-refractivity contribution in [2.45, 2.75) is 0 Å². The van der Waals surface area contributed by atoms with Crippen molar-refractivity contribution in [2.75, 3.05) is 48.6 Å². The summed E-state index contributed by atoms with van der Waals surface area (Å²) in [4.78, 5) is 35.8. The van der Waals surface area contributed by atoms with E-state index < -0.39 is 24.5 Å². The number of amides is 1. The smallest absolute Gasteiger partial charge is 0.331 e. The molecule has 0 aliphatic carbocycles. The van der Waals surface area contributed by atoms with Gasteiger partial charge in [-0.3, -0.25) is 9.59 Å². The van der Waals surface area contributed by atoms with Crippen LogP contribution in [0.3, 0.4) is 0 Å². The van der Waals surface area contributed by atoms with Crippen LogP contribution in [0.2, 0.25) is 0 Å². The van der Waals surface area contributed by atoms with Gasteiger partial charge in [-0.15, -0.1) is 0 Å². The number of esters is 2. The Hall–Kier alpha value is -3.23. The number of hydrogen-bond acceptors (Lipinski definition) is 8. The molecule has 1 rings (SSSR count). The molecular weight excluding hydrogens is 358 g/mol. The molecule has 1 aromatic rings. The van der Waals surface area contributed by atoms with Crippen LogP contribution in [-0.4, -0.2) is 71.4 Å². The summed E-state index contributed by atoms with van der Waals surface area (Å²) >= 11 is 0. The van der Waals surface area contributed by atoms with E-state index in [1.54, 1.807) is 12.1 Å². The van der Waals surface area contributed by atoms with E-state index >= 15 is 0 Å². The van der Waals surface area contributed by atoms with Crippen molar-refractivity contribution >= 4 is 23.9 Å². The first kappa shape index (κ1) is 21.8. The molecule has 0 fully saturated rings. The van der Waals surface area contributed by atoms with Gasteiger partial charge in [-0.25, -0.2) is 4.79 Å². The van der Waals surface area contributed by atoms with Crippen LogP contribution in [0.5, 0.6) is 17.2 Å². The number of carbonyl (C=O) groups is 3. The molecule has 0 saturated carbocycles. The van der Waals surface area contributed by atoms with Crippen LogP contribution in [0.25, 0.3) is 6.08 Å². The molecule has 0 heterocycles. The molecule has 9 nitrogen and oxygen atoms in total. The number of rotatable bonds is 9. The number of likely N-dealkylation sites (N-methyl/N-ethyl adjacent to an activating group) is 1. The van der Waals surface area contributed by atoms with Crippen molar-refractivity contribution in [3.63, 3.8) is 0 Å². The zero-order valence-electron chi connectivity index (χ0n) is 15.9. The molecule has 9 heteroatoms. The maximum Gasteiger partial charge on any atom is 0.331 e. The van der Waals surface area contributed by atoms with E-state index in [1.165, 1.54) is 41.6 Å². The summed E-state index contributed by atoms with van der Waals surface area (Å²) in [6, 6.07) is 3.31. The van der Waals surface area contributed by atoms with Gasteiger partial charge in [0.05, 0.1) is 28.4 Å². The second-order valence-corrected chi connectivity index (χ2v) is 5.23. The molecule has 0 spiro atoms. The van der Waals surface area contributed by atoms with E-state index in [0.717, 1.165) is 11.0 Å². The van der Waals surface area contributed by atoms with E-state index in [0.29, 0.717) is 22.8 Å². The Morgan fingerprint density at radius 3 is 2.07 bits per heavy atom. The number of ether oxygens (including phenoxy) is 5. The molecule has 0 atom stereocenters. The molecule has 0 bridgehead atoms. The fourth-order valence-electron chi connectivity index (χ4n) is 2.00. The summed E-state index contributed by atoms with van der Waals surface area (Å²) < 4.78 is 25.0. The number of hydrogen-bond donors (Lipinski definition) is 0. The van der Waals surface area contributed by atoms with Crippen molar-refractivity contribution in [1.29, 1.82) is 0 Å². The van der Waals surface area contributed by atoms with Crippen LogP contribution in [0.15, 0.2) is 18.2 Å². The average molecular weight is 381 g/mol. The highest BCUT2D eigenvalue weighted by atomic mass is 16.5. The van der Waals surface area contributed by atoms with Gasteiger partial charge in [0.15, 0.2) is 18.1 Å². The van der Waals surface area contributed by atoms with Crippen molar-refractivity contribution in [2.24, 2.45) is 0 Å². The van der Waals surface area contributed by atoms with Crippen LogP contribution in [0.1, 0.15) is 5.56 Å². The highest BCUT2D eigenvalue weighted by molar-refractivity contribution is 5.90. The third kappa shape index (κ3) is 6.53. The Kier molecular flexibility index (Phi) is 8.64. The van der Waals surface area contributed by atoms with Crippen molar-refractivity contribution in [3.05, 3.63) is 23.8 Å². The van der Waals surface area contributed by atoms with E-state index in [-0.39, 0.29) is 6.54 Å². The number of nitrogens with zero attached hydrogens (tertiary/aromatic N) is 1. The summed E-state index contributed by atoms with van der Waals surface area (Å²) in [7, 11) is 7.07. The lowest BCUT2D eigenvalue weighted by molar-refractivity contribution is -0.151. The van der Waals surface area contributed by atoms with Gasteiger partial charge in [0.1, 0.15) is 6.54 Å². The fraction of sp³-hybridized carbons (Fsp3) is 0.389. The predicted molar refractivity (Wildman–Crippen MR) is 95.7 cm³/mol. The van der Waals surface area contributed by atoms with E-state index in [9.17, 15) is 14.4 Å². The average Bonchev–Trinajstić information content (AvgIpc) is 2.68. The maximum atomic E-state index is 11.8. The van der Waals surface area contributed by atoms with Gasteiger partial charge in [-0.05, 0) is 23.8 Å². The largest absolute Gasteiger partial charge is 0.493 e. The zero-order chi connectivity index (χ0) is 20.4. The maximum absolute atomic E-state index is 11.8. The molecule has 1 amide bonds. The van der Waals surface area contributed by atoms with Gasteiger partial charge in [-0.1, -0.05) is 0 Å². The minimum atomic E-state index is -0.719. The molecule has 0 aromatic heterocycles. The predicted octanol–water partition coefficient (Wildman–Crippen LogP) is 0.900. The molecule has 1 aromatic carbocycles. The highest BCUT2D eigenvalue weighted by Crippen LogP contribution is 2.38. The van der Waals surface area contributed by atoms with E-state index in [1.807, 2.05) is 0 Å². The van der Waals surface area contributed by atoms with Crippen molar-refractivity contribution in [3.8, 4) is 17.2 Å². The molecule has 0 radical (unpaired) electrons. The Morgan fingerprint density at radius 1 is 1.00 bits per heavy atom. The first-order valence-electron chi connectivity index (χ1n) is 7.81. The first-order valence-corrected chi connectivity index (χ1v) is 7.81. The minimum absolute atomic E-state index is 0.228. The Bertz CT molecular complexity index is 688. The monoisotopic (exact) mass is 381 g/mol. The summed E-state index contributed by atoms with van der Waals surface area (Å²) in [6.45, 7) is -0.722. The molecule has 0 aliphatic rings. The molecular formula is C18H23NO8. The lowest BCUT2D eigenvalue weighted by Crippen LogP contribution is -2.35. The Balaban J connectivity index is 2.70. The van der Waals surface area contributed by atoms with Gasteiger partial charge in [-0.2, -0.15) is 0 Å². The van der Waals surface area contributed by atoms with E-state index in [2.05, 4.69) is 4.74 Å². The van der Waals surface area contributed by atoms with Gasteiger partial charge in [0.2, 0.25) is 5.75 Å². The zero-order valence-corrected chi connectivity index (χ0v) is 15.9. The fourth-order valence-corrected chi connectivity index (χ4v) is 2.00. The molecule has 0 saturated heterocycles. The lowest BCUT2D eigenvalue weighted by atomic mass is 10.1. The number of methoxy groups -OCH3 is 4. The van der Waals surface area contributed by atoms with E-state index in [4.69, 9.17) is 18.9 Å². The SMILES string of the molecule is COC(=O)CN(C)C(=O)COC(=O)/C=C/c1cc(OC)c(OC)c(OC)c1. The van der Waals surface area contributed by atoms with Crippen molar-refractivity contribution < 1.29 is 38.1 Å². The van der Waals surface area contributed by atoms with Gasteiger partial charge in [0, 0.05) is 13.1 Å². The van der Waals surface area contributed by atoms with Crippen molar-refractivity contribution in [1.82, 2.24) is 4.90 Å². The highest BCUT2D eigenvalue weighted by Gasteiger charge is 2.15. The molecule has 148 valence electrons. The van der Waals surface area contributed by atoms with Gasteiger partial charge < -0.3 is 28.6 Å². The Morgan fingerprint density at radius 2 is 1.59 bits per heavy atom. The van der Waals surface area contributed by atoms with Crippen LogP contribution >= 0.6 is 0 Å². The summed E-state index contributed by atoms with van der Waals surface area (Å²) in [6.07, 6.45) is 2.64. The minimum Gasteiger partial charge on any atom is -0.493 e. The normalized spacial score (nSPS) is 10.3. The molecule has 27 heavy (non-hydrogen) atoms. The van der Waals surface area contributed by atoms with Crippen LogP contribution in [0, 0.1) is 0 Å². The standard InChI is InChI=1S/C18H23NO8/c1-19(10-17(22)25-4)15(20)11-27-16(21)7-6-12-8-13(23-2)18(26-5)14(9-12)24-3/h6-9H,10-11H2,1-5H3/b7-6+. The third-order valence-corrected chi connectivity index (χ3v) is 3.46. The second-order valence-electron chi connectivity index (χ2n) is 5.23. The number of benzene rings is 1. The van der Waals surface area contributed by atoms with Crippen LogP contribution in [0.4, 0.5) is 0 Å². The quantitative estimate of drug-likeness (QED) is 0.459. The summed E-state index contributed by atoms with van der Waals surface area (Å²) in [5.74, 6) is -0.522. The van der Waals surface area contributed by atoms with Crippen LogP contribution in [-0.2, 0) is 23.9 Å². The van der Waals surface area contributed by atoms with Gasteiger partial charge in [0.25, 0.3) is 5.91 Å². The van der Waals surface area contributed by atoms with Gasteiger partial charge >= 0.3 is 11.9 Å². The molecule has 0 aliphatic heterocycles. The second kappa shape index (κ2) is 10.7.